The number of benzene rings is 1. The van der Waals surface area contributed by atoms with E-state index in [0.29, 0.717) is 21.3 Å². The van der Waals surface area contributed by atoms with E-state index in [-0.39, 0.29) is 17.3 Å². The zero-order valence-electron chi connectivity index (χ0n) is 11.3. The zero-order valence-corrected chi connectivity index (χ0v) is 14.5. The van der Waals surface area contributed by atoms with E-state index in [1.807, 2.05) is 0 Å². The molecule has 0 amide bonds. The van der Waals surface area contributed by atoms with Crippen molar-refractivity contribution in [2.24, 2.45) is 0 Å². The first-order valence-electron chi connectivity index (χ1n) is 6.31. The maximum atomic E-state index is 11.0. The second-order valence-corrected chi connectivity index (χ2v) is 7.13. The van der Waals surface area contributed by atoms with Crippen LogP contribution < -0.4 is 4.74 Å². The summed E-state index contributed by atoms with van der Waals surface area (Å²) >= 11 is 6.68. The van der Waals surface area contributed by atoms with Gasteiger partial charge in [-0.2, -0.15) is 0 Å². The number of rotatable bonds is 4. The molecule has 1 aliphatic heterocycles. The van der Waals surface area contributed by atoms with E-state index < -0.39 is 5.97 Å². The lowest BCUT2D eigenvalue weighted by atomic mass is 10.1. The molecule has 0 bridgehead atoms. The van der Waals surface area contributed by atoms with Gasteiger partial charge in [-0.3, -0.25) is 0 Å². The molecule has 110 valence electrons. The van der Waals surface area contributed by atoms with Crippen LogP contribution in [0.15, 0.2) is 21.1 Å². The third kappa shape index (κ3) is 3.74. The molecule has 20 heavy (non-hydrogen) atoms. The third-order valence-corrected chi connectivity index (χ3v) is 4.39. The Labute approximate surface area is 134 Å². The lowest BCUT2D eigenvalue weighted by Crippen LogP contribution is -2.24. The fourth-order valence-corrected chi connectivity index (χ4v) is 3.61. The minimum Gasteiger partial charge on any atom is -0.489 e. The Kier molecular flexibility index (Phi) is 4.76. The van der Waals surface area contributed by atoms with Crippen molar-refractivity contribution in [3.05, 3.63) is 26.6 Å². The summed E-state index contributed by atoms with van der Waals surface area (Å²) < 4.78 is 12.9. The molecule has 1 aromatic rings. The van der Waals surface area contributed by atoms with Crippen molar-refractivity contribution in [1.82, 2.24) is 0 Å². The average Bonchev–Trinajstić information content (AvgIpc) is 2.67. The normalized spacial score (nSPS) is 20.9. The molecule has 6 heteroatoms. The molecule has 4 nitrogen and oxygen atoms in total. The van der Waals surface area contributed by atoms with Crippen LogP contribution in [0.2, 0.25) is 0 Å². The highest BCUT2D eigenvalue weighted by molar-refractivity contribution is 9.11. The fraction of sp³-hybridized carbons (Fsp3) is 0.500. The van der Waals surface area contributed by atoms with Crippen molar-refractivity contribution in [1.29, 1.82) is 0 Å². The molecule has 1 aromatic carbocycles. The fourth-order valence-electron chi connectivity index (χ4n) is 2.19. The van der Waals surface area contributed by atoms with Gasteiger partial charge in [0.2, 0.25) is 0 Å². The maximum Gasteiger partial charge on any atom is 0.335 e. The molecule has 0 spiro atoms. The predicted molar refractivity (Wildman–Crippen MR) is 82.5 cm³/mol. The molecule has 2 rings (SSSR count). The summed E-state index contributed by atoms with van der Waals surface area (Å²) in [5.74, 6) is -0.373. The van der Waals surface area contributed by atoms with Gasteiger partial charge in [-0.05, 0) is 70.7 Å². The molecule has 0 aromatic heterocycles. The number of halogens is 2. The molecular formula is C14H16Br2O4. The first-order valence-corrected chi connectivity index (χ1v) is 7.90. The van der Waals surface area contributed by atoms with Gasteiger partial charge in [0, 0.05) is 0 Å². The average molecular weight is 408 g/mol. The Morgan fingerprint density at radius 2 is 2.05 bits per heavy atom. The van der Waals surface area contributed by atoms with Gasteiger partial charge in [0.15, 0.2) is 0 Å². The molecule has 1 N–H and O–H groups in total. The minimum absolute atomic E-state index is 0.0722. The number of carbonyl (C=O) groups is 1. The van der Waals surface area contributed by atoms with Gasteiger partial charge in [-0.25, -0.2) is 4.79 Å². The van der Waals surface area contributed by atoms with Crippen LogP contribution in [0.5, 0.6) is 5.75 Å². The summed E-state index contributed by atoms with van der Waals surface area (Å²) in [4.78, 5) is 11.0. The molecule has 0 aliphatic carbocycles. The Bertz CT molecular complexity index is 505. The molecule has 0 radical (unpaired) electrons. The Morgan fingerprint density at radius 3 is 2.50 bits per heavy atom. The first kappa shape index (κ1) is 15.8. The Balaban J connectivity index is 2.05. The van der Waals surface area contributed by atoms with Crippen LogP contribution in [0.3, 0.4) is 0 Å². The summed E-state index contributed by atoms with van der Waals surface area (Å²) in [7, 11) is 0. The lowest BCUT2D eigenvalue weighted by Gasteiger charge is -2.20. The van der Waals surface area contributed by atoms with E-state index in [9.17, 15) is 4.79 Å². The largest absolute Gasteiger partial charge is 0.489 e. The zero-order chi connectivity index (χ0) is 14.9. The number of hydrogen-bond donors (Lipinski definition) is 1. The number of hydrogen-bond acceptors (Lipinski definition) is 3. The SMILES string of the molecule is CC1(C)CCC(COc2c(Br)cc(C(=O)O)cc2Br)O1. The highest BCUT2D eigenvalue weighted by Gasteiger charge is 2.32. The van der Waals surface area contributed by atoms with Crippen LogP contribution in [-0.4, -0.2) is 29.4 Å². The van der Waals surface area contributed by atoms with E-state index in [2.05, 4.69) is 45.7 Å². The molecule has 1 heterocycles. The highest BCUT2D eigenvalue weighted by Crippen LogP contribution is 2.36. The topological polar surface area (TPSA) is 55.8 Å². The van der Waals surface area contributed by atoms with Gasteiger partial charge in [0.05, 0.1) is 26.2 Å². The minimum atomic E-state index is -0.973. The molecule has 1 unspecified atom stereocenters. The second-order valence-electron chi connectivity index (χ2n) is 5.42. The smallest absolute Gasteiger partial charge is 0.335 e. The maximum absolute atomic E-state index is 11.0. The number of carboxylic acid groups (broad SMARTS) is 1. The summed E-state index contributed by atoms with van der Waals surface area (Å²) in [6, 6.07) is 3.06. The molecule has 1 atom stereocenters. The van der Waals surface area contributed by atoms with Gasteiger partial charge in [0.1, 0.15) is 12.4 Å². The van der Waals surface area contributed by atoms with E-state index in [1.165, 1.54) is 12.1 Å². The molecule has 1 saturated heterocycles. The summed E-state index contributed by atoms with van der Waals surface area (Å²) in [5, 5.41) is 8.98. The van der Waals surface area contributed by atoms with Crippen LogP contribution >= 0.6 is 31.9 Å². The van der Waals surface area contributed by atoms with E-state index in [0.717, 1.165) is 12.8 Å². The predicted octanol–water partition coefficient (Wildman–Crippen LogP) is 4.25. The number of carboxylic acids is 1. The van der Waals surface area contributed by atoms with Crippen LogP contribution in [0.25, 0.3) is 0 Å². The quantitative estimate of drug-likeness (QED) is 0.810. The van der Waals surface area contributed by atoms with Crippen LogP contribution in [0.4, 0.5) is 0 Å². The number of ether oxygens (including phenoxy) is 2. The molecule has 1 fully saturated rings. The Hall–Kier alpha value is -0.590. The molecule has 0 saturated carbocycles. The molecule has 1 aliphatic rings. The van der Waals surface area contributed by atoms with Crippen molar-refractivity contribution in [3.63, 3.8) is 0 Å². The van der Waals surface area contributed by atoms with Crippen molar-refractivity contribution >= 4 is 37.8 Å². The van der Waals surface area contributed by atoms with Crippen molar-refractivity contribution in [2.75, 3.05) is 6.61 Å². The third-order valence-electron chi connectivity index (χ3n) is 3.21. The summed E-state index contributed by atoms with van der Waals surface area (Å²) in [6.07, 6.45) is 2.06. The van der Waals surface area contributed by atoms with E-state index in [4.69, 9.17) is 14.6 Å². The van der Waals surface area contributed by atoms with Gasteiger partial charge >= 0.3 is 5.97 Å². The van der Waals surface area contributed by atoms with Crippen molar-refractivity contribution in [2.45, 2.75) is 38.4 Å². The van der Waals surface area contributed by atoms with Gasteiger partial charge in [-0.15, -0.1) is 0 Å². The monoisotopic (exact) mass is 406 g/mol. The van der Waals surface area contributed by atoms with E-state index >= 15 is 0 Å². The van der Waals surface area contributed by atoms with Crippen LogP contribution in [-0.2, 0) is 4.74 Å². The molecular weight excluding hydrogens is 392 g/mol. The Morgan fingerprint density at radius 1 is 1.45 bits per heavy atom. The summed E-state index contributed by atoms with van der Waals surface area (Å²) in [5.41, 5.74) is 0.115. The standard InChI is InChI=1S/C14H16Br2O4/c1-14(2)4-3-9(20-14)7-19-12-10(15)5-8(13(17)18)6-11(12)16/h5-6,9H,3-4,7H2,1-2H3,(H,17,18). The van der Waals surface area contributed by atoms with Gasteiger partial charge in [-0.1, -0.05) is 0 Å². The lowest BCUT2D eigenvalue weighted by molar-refractivity contribution is -0.0328. The van der Waals surface area contributed by atoms with Crippen LogP contribution in [0, 0.1) is 0 Å². The second kappa shape index (κ2) is 6.03. The van der Waals surface area contributed by atoms with Crippen molar-refractivity contribution < 1.29 is 19.4 Å². The van der Waals surface area contributed by atoms with E-state index in [1.54, 1.807) is 0 Å². The van der Waals surface area contributed by atoms with Gasteiger partial charge < -0.3 is 14.6 Å². The first-order chi connectivity index (χ1) is 9.28. The van der Waals surface area contributed by atoms with Gasteiger partial charge in [0.25, 0.3) is 0 Å². The van der Waals surface area contributed by atoms with Crippen molar-refractivity contribution in [3.8, 4) is 5.75 Å². The summed E-state index contributed by atoms with van der Waals surface area (Å²) in [6.45, 7) is 4.59. The highest BCUT2D eigenvalue weighted by atomic mass is 79.9. The van der Waals surface area contributed by atoms with Crippen LogP contribution in [0.1, 0.15) is 37.0 Å². The number of aromatic carboxylic acids is 1.